The van der Waals surface area contributed by atoms with Gasteiger partial charge >= 0.3 is 0 Å². The first-order chi connectivity index (χ1) is 8.99. The second kappa shape index (κ2) is 6.73. The molecule has 0 radical (unpaired) electrons. The number of benzene rings is 1. The molecule has 104 valence electrons. The zero-order chi connectivity index (χ0) is 14.4. The molecule has 3 N–H and O–H groups in total. The van der Waals surface area contributed by atoms with Crippen molar-refractivity contribution in [3.8, 4) is 0 Å². The van der Waals surface area contributed by atoms with Gasteiger partial charge in [0.2, 0.25) is 0 Å². The maximum absolute atomic E-state index is 10.8. The van der Waals surface area contributed by atoms with Crippen molar-refractivity contribution in [2.75, 3.05) is 13.2 Å². The number of nitro benzene ring substituents is 2. The largest absolute Gasteiger partial charge is 0.395 e. The second-order valence-electron chi connectivity index (χ2n) is 3.77. The number of non-ortho nitro benzene ring substituents is 1. The van der Waals surface area contributed by atoms with Gasteiger partial charge in [-0.25, -0.2) is 0 Å². The molecule has 1 aromatic carbocycles. The molecule has 0 atom stereocenters. The van der Waals surface area contributed by atoms with Gasteiger partial charge in [-0.1, -0.05) is 0 Å². The van der Waals surface area contributed by atoms with Crippen LogP contribution in [-0.4, -0.2) is 39.3 Å². The summed E-state index contributed by atoms with van der Waals surface area (Å²) in [5, 5.41) is 41.8. The Morgan fingerprint density at radius 1 is 1.16 bits per heavy atom. The summed E-state index contributed by atoms with van der Waals surface area (Å²) in [5.74, 6) is 0. The second-order valence-corrected chi connectivity index (χ2v) is 3.77. The van der Waals surface area contributed by atoms with Gasteiger partial charge in [0.15, 0.2) is 0 Å². The summed E-state index contributed by atoms with van der Waals surface area (Å²) in [6.07, 6.45) is 0. The minimum atomic E-state index is -0.714. The summed E-state index contributed by atoms with van der Waals surface area (Å²) in [6, 6.07) is 2.71. The highest BCUT2D eigenvalue weighted by Crippen LogP contribution is 2.24. The third kappa shape index (κ3) is 3.95. The average molecular weight is 271 g/mol. The maximum atomic E-state index is 10.8. The topological polar surface area (TPSA) is 139 Å². The highest BCUT2D eigenvalue weighted by atomic mass is 16.6. The average Bonchev–Trinajstić information content (AvgIpc) is 2.39. The molecule has 0 aliphatic carbocycles. The lowest BCUT2D eigenvalue weighted by atomic mass is 10.1. The Bertz CT molecular complexity index is 474. The lowest BCUT2D eigenvalue weighted by Gasteiger charge is -2.13. The van der Waals surface area contributed by atoms with E-state index in [9.17, 15) is 20.2 Å². The first kappa shape index (κ1) is 15.0. The van der Waals surface area contributed by atoms with Gasteiger partial charge in [0.25, 0.3) is 11.4 Å². The molecule has 0 unspecified atom stereocenters. The van der Waals surface area contributed by atoms with Gasteiger partial charge < -0.3 is 15.5 Å². The van der Waals surface area contributed by atoms with E-state index >= 15 is 0 Å². The first-order valence-electron chi connectivity index (χ1n) is 5.36. The monoisotopic (exact) mass is 271 g/mol. The van der Waals surface area contributed by atoms with Gasteiger partial charge in [-0.3, -0.25) is 20.2 Å². The molecule has 0 fully saturated rings. The summed E-state index contributed by atoms with van der Waals surface area (Å²) >= 11 is 0. The Labute approximate surface area is 107 Å². The van der Waals surface area contributed by atoms with E-state index in [0.717, 1.165) is 12.1 Å². The number of nitrogens with one attached hydrogen (secondary N) is 1. The Balaban J connectivity index is 2.94. The Kier molecular flexibility index (Phi) is 5.30. The Hall–Kier alpha value is -2.10. The van der Waals surface area contributed by atoms with Gasteiger partial charge in [-0.05, 0) is 6.07 Å². The van der Waals surface area contributed by atoms with Crippen LogP contribution in [0, 0.1) is 20.2 Å². The highest BCUT2D eigenvalue weighted by molar-refractivity contribution is 5.49. The summed E-state index contributed by atoms with van der Waals surface area (Å²) in [7, 11) is 0. The standard InChI is InChI=1S/C10H13N3O6/c14-5-8(6-15)11-4-7-1-2-9(12(16)17)3-10(7)13(18)19/h1-3,8,11,14-15H,4-6H2. The number of hydrogen-bond acceptors (Lipinski definition) is 7. The zero-order valence-corrected chi connectivity index (χ0v) is 9.85. The van der Waals surface area contributed by atoms with E-state index in [1.807, 2.05) is 0 Å². The predicted octanol–water partition coefficient (Wildman–Crippen LogP) is -0.0542. The summed E-state index contributed by atoms with van der Waals surface area (Å²) in [6.45, 7) is -0.630. The molecular formula is C10H13N3O6. The number of rotatable bonds is 7. The van der Waals surface area contributed by atoms with Crippen LogP contribution in [0.4, 0.5) is 11.4 Å². The van der Waals surface area contributed by atoms with E-state index < -0.39 is 15.9 Å². The van der Waals surface area contributed by atoms with E-state index in [0.29, 0.717) is 0 Å². The van der Waals surface area contributed by atoms with Gasteiger partial charge in [0, 0.05) is 18.2 Å². The van der Waals surface area contributed by atoms with E-state index in [2.05, 4.69) is 5.32 Å². The number of aliphatic hydroxyl groups excluding tert-OH is 2. The third-order valence-corrected chi connectivity index (χ3v) is 2.50. The van der Waals surface area contributed by atoms with E-state index in [4.69, 9.17) is 10.2 Å². The number of nitrogens with zero attached hydrogens (tertiary/aromatic N) is 2. The van der Waals surface area contributed by atoms with Crippen LogP contribution in [0.3, 0.4) is 0 Å². The van der Waals surface area contributed by atoms with Crippen molar-refractivity contribution in [3.05, 3.63) is 44.0 Å². The van der Waals surface area contributed by atoms with Crippen LogP contribution in [0.15, 0.2) is 18.2 Å². The minimum absolute atomic E-state index is 0.0140. The molecule has 9 nitrogen and oxygen atoms in total. The molecule has 1 rings (SSSR count). The molecule has 0 spiro atoms. The van der Waals surface area contributed by atoms with Crippen molar-refractivity contribution in [3.63, 3.8) is 0 Å². The van der Waals surface area contributed by atoms with Crippen LogP contribution >= 0.6 is 0 Å². The summed E-state index contributed by atoms with van der Waals surface area (Å²) < 4.78 is 0. The molecule has 0 aliphatic heterocycles. The van der Waals surface area contributed by atoms with E-state index in [-0.39, 0.29) is 36.7 Å². The molecule has 1 aromatic rings. The fourth-order valence-electron chi connectivity index (χ4n) is 1.43. The van der Waals surface area contributed by atoms with Gasteiger partial charge in [0.05, 0.1) is 35.2 Å². The molecule has 0 amide bonds. The number of aliphatic hydroxyl groups is 2. The quantitative estimate of drug-likeness (QED) is 0.466. The third-order valence-electron chi connectivity index (χ3n) is 2.50. The van der Waals surface area contributed by atoms with Crippen LogP contribution in [0.2, 0.25) is 0 Å². The molecule has 0 heterocycles. The Morgan fingerprint density at radius 3 is 2.26 bits per heavy atom. The van der Waals surface area contributed by atoms with Crippen LogP contribution < -0.4 is 5.32 Å². The minimum Gasteiger partial charge on any atom is -0.395 e. The molecule has 0 aliphatic rings. The normalized spacial score (nSPS) is 10.7. The summed E-state index contributed by atoms with van der Waals surface area (Å²) in [4.78, 5) is 20.0. The summed E-state index contributed by atoms with van der Waals surface area (Å²) in [5.41, 5.74) is -0.504. The molecule has 19 heavy (non-hydrogen) atoms. The van der Waals surface area contributed by atoms with Gasteiger partial charge in [0.1, 0.15) is 0 Å². The van der Waals surface area contributed by atoms with E-state index in [1.54, 1.807) is 0 Å². The molecule has 0 aromatic heterocycles. The lowest BCUT2D eigenvalue weighted by molar-refractivity contribution is -0.394. The molecular weight excluding hydrogens is 258 g/mol. The maximum Gasteiger partial charge on any atom is 0.280 e. The van der Waals surface area contributed by atoms with Crippen LogP contribution in [0.1, 0.15) is 5.56 Å². The fraction of sp³-hybridized carbons (Fsp3) is 0.400. The van der Waals surface area contributed by atoms with Crippen molar-refractivity contribution in [2.24, 2.45) is 0 Å². The number of nitro groups is 2. The Morgan fingerprint density at radius 2 is 1.79 bits per heavy atom. The highest BCUT2D eigenvalue weighted by Gasteiger charge is 2.19. The zero-order valence-electron chi connectivity index (χ0n) is 9.85. The molecule has 9 heteroatoms. The molecule has 0 saturated heterocycles. The van der Waals surface area contributed by atoms with Crippen LogP contribution in [-0.2, 0) is 6.54 Å². The van der Waals surface area contributed by atoms with Gasteiger partial charge in [-0.15, -0.1) is 0 Å². The first-order valence-corrected chi connectivity index (χ1v) is 5.36. The van der Waals surface area contributed by atoms with Gasteiger partial charge in [-0.2, -0.15) is 0 Å². The lowest BCUT2D eigenvalue weighted by Crippen LogP contribution is -2.35. The van der Waals surface area contributed by atoms with Crippen LogP contribution in [0.25, 0.3) is 0 Å². The number of hydrogen-bond donors (Lipinski definition) is 3. The SMILES string of the molecule is O=[N+]([O-])c1ccc(CNC(CO)CO)c([N+](=O)[O-])c1. The molecule has 0 bridgehead atoms. The van der Waals surface area contributed by atoms with Crippen LogP contribution in [0.5, 0.6) is 0 Å². The van der Waals surface area contributed by atoms with Crippen molar-refractivity contribution >= 4 is 11.4 Å². The smallest absolute Gasteiger partial charge is 0.280 e. The van der Waals surface area contributed by atoms with Crippen molar-refractivity contribution in [1.82, 2.24) is 5.32 Å². The van der Waals surface area contributed by atoms with Crippen molar-refractivity contribution < 1.29 is 20.1 Å². The van der Waals surface area contributed by atoms with Crippen molar-refractivity contribution in [1.29, 1.82) is 0 Å². The molecule has 0 saturated carbocycles. The predicted molar refractivity (Wildman–Crippen MR) is 64.6 cm³/mol. The fourth-order valence-corrected chi connectivity index (χ4v) is 1.43. The van der Waals surface area contributed by atoms with Crippen molar-refractivity contribution in [2.45, 2.75) is 12.6 Å². The van der Waals surface area contributed by atoms with E-state index in [1.165, 1.54) is 6.07 Å².